The van der Waals surface area contributed by atoms with E-state index in [1.54, 1.807) is 6.92 Å². The minimum absolute atomic E-state index is 0.189. The summed E-state index contributed by atoms with van der Waals surface area (Å²) < 4.78 is 1.20. The van der Waals surface area contributed by atoms with E-state index >= 15 is 0 Å². The first kappa shape index (κ1) is 15.2. The third kappa shape index (κ3) is 3.26. The molecule has 22 heavy (non-hydrogen) atoms. The molecule has 0 fully saturated rings. The Balaban J connectivity index is 2.07. The first-order valence-electron chi connectivity index (χ1n) is 6.28. The smallest absolute Gasteiger partial charge is 0.307 e. The molecule has 0 saturated heterocycles. The SMILES string of the molecule is C[C@H](C(=O)Nc1ccc(C(N)=O)cc1)n1cc([N+](=O)[O-])cn1. The van der Waals surface area contributed by atoms with Crippen molar-refractivity contribution in [2.45, 2.75) is 13.0 Å². The number of nitrogens with two attached hydrogens (primary N) is 1. The van der Waals surface area contributed by atoms with Crippen molar-refractivity contribution in [2.24, 2.45) is 5.73 Å². The number of amides is 2. The van der Waals surface area contributed by atoms with Gasteiger partial charge in [0.25, 0.3) is 0 Å². The molecule has 1 aromatic carbocycles. The summed E-state index contributed by atoms with van der Waals surface area (Å²) in [5.74, 6) is -0.958. The van der Waals surface area contributed by atoms with Gasteiger partial charge in [0.15, 0.2) is 0 Å². The predicted molar refractivity (Wildman–Crippen MR) is 77.2 cm³/mol. The number of primary amides is 1. The van der Waals surface area contributed by atoms with Gasteiger partial charge >= 0.3 is 5.69 Å². The number of hydrogen-bond donors (Lipinski definition) is 2. The second-order valence-corrected chi connectivity index (χ2v) is 4.54. The molecule has 1 atom stereocenters. The zero-order valence-electron chi connectivity index (χ0n) is 11.6. The highest BCUT2D eigenvalue weighted by Gasteiger charge is 2.19. The maximum absolute atomic E-state index is 12.1. The fourth-order valence-electron chi connectivity index (χ4n) is 1.72. The quantitative estimate of drug-likeness (QED) is 0.630. The van der Waals surface area contributed by atoms with Crippen LogP contribution in [0.5, 0.6) is 0 Å². The number of carbonyl (C=O) groups is 2. The van der Waals surface area contributed by atoms with Crippen LogP contribution in [0.4, 0.5) is 11.4 Å². The number of benzene rings is 1. The van der Waals surface area contributed by atoms with Gasteiger partial charge in [-0.1, -0.05) is 0 Å². The Morgan fingerprint density at radius 2 is 2.00 bits per heavy atom. The molecule has 0 unspecified atom stereocenters. The van der Waals surface area contributed by atoms with E-state index in [0.29, 0.717) is 11.3 Å². The van der Waals surface area contributed by atoms with Crippen LogP contribution in [0.2, 0.25) is 0 Å². The van der Waals surface area contributed by atoms with Crippen molar-refractivity contribution < 1.29 is 14.5 Å². The van der Waals surface area contributed by atoms with Crippen LogP contribution in [0.25, 0.3) is 0 Å². The molecule has 0 radical (unpaired) electrons. The van der Waals surface area contributed by atoms with E-state index in [9.17, 15) is 19.7 Å². The molecule has 2 amide bonds. The first-order chi connectivity index (χ1) is 10.4. The zero-order valence-corrected chi connectivity index (χ0v) is 11.6. The number of carbonyl (C=O) groups excluding carboxylic acids is 2. The van der Waals surface area contributed by atoms with Crippen LogP contribution < -0.4 is 11.1 Å². The number of aromatic nitrogens is 2. The minimum Gasteiger partial charge on any atom is -0.366 e. The lowest BCUT2D eigenvalue weighted by molar-refractivity contribution is -0.385. The zero-order chi connectivity index (χ0) is 16.3. The molecule has 0 spiro atoms. The van der Waals surface area contributed by atoms with E-state index in [4.69, 9.17) is 5.73 Å². The van der Waals surface area contributed by atoms with Crippen LogP contribution in [0, 0.1) is 10.1 Å². The van der Waals surface area contributed by atoms with Crippen molar-refractivity contribution in [1.29, 1.82) is 0 Å². The number of nitrogens with zero attached hydrogens (tertiary/aromatic N) is 3. The van der Waals surface area contributed by atoms with Gasteiger partial charge in [0, 0.05) is 11.3 Å². The Morgan fingerprint density at radius 3 is 2.50 bits per heavy atom. The lowest BCUT2D eigenvalue weighted by Gasteiger charge is -2.12. The number of rotatable bonds is 5. The molecule has 0 bridgehead atoms. The van der Waals surface area contributed by atoms with Gasteiger partial charge in [-0.2, -0.15) is 5.10 Å². The lowest BCUT2D eigenvalue weighted by atomic mass is 10.2. The second kappa shape index (κ2) is 6.04. The van der Waals surface area contributed by atoms with Gasteiger partial charge in [-0.05, 0) is 31.2 Å². The summed E-state index contributed by atoms with van der Waals surface area (Å²) in [7, 11) is 0. The Bertz CT molecular complexity index is 722. The van der Waals surface area contributed by atoms with Crippen molar-refractivity contribution in [3.8, 4) is 0 Å². The fourth-order valence-corrected chi connectivity index (χ4v) is 1.72. The Hall–Kier alpha value is -3.23. The summed E-state index contributed by atoms with van der Waals surface area (Å²) in [6, 6.07) is 5.32. The monoisotopic (exact) mass is 303 g/mol. The molecule has 0 saturated carbocycles. The van der Waals surface area contributed by atoms with E-state index in [1.165, 1.54) is 35.1 Å². The average Bonchev–Trinajstić information content (AvgIpc) is 2.97. The predicted octanol–water partition coefficient (Wildman–Crippen LogP) is 1.09. The van der Waals surface area contributed by atoms with Gasteiger partial charge in [0.05, 0.1) is 4.92 Å². The maximum atomic E-state index is 12.1. The number of hydrogen-bond acceptors (Lipinski definition) is 5. The van der Waals surface area contributed by atoms with Gasteiger partial charge in [-0.25, -0.2) is 0 Å². The standard InChI is InChI=1S/C13H13N5O4/c1-8(17-7-11(6-15-17)18(21)22)13(20)16-10-4-2-9(3-5-10)12(14)19/h2-8H,1H3,(H2,14,19)(H,16,20)/t8-/m1/s1. The highest BCUT2D eigenvalue weighted by molar-refractivity contribution is 5.95. The van der Waals surface area contributed by atoms with E-state index in [-0.39, 0.29) is 5.69 Å². The van der Waals surface area contributed by atoms with Crippen molar-refractivity contribution >= 4 is 23.2 Å². The molecular weight excluding hydrogens is 290 g/mol. The number of nitrogens with one attached hydrogen (secondary N) is 1. The van der Waals surface area contributed by atoms with Crippen molar-refractivity contribution in [3.05, 3.63) is 52.3 Å². The van der Waals surface area contributed by atoms with Crippen LogP contribution in [0.3, 0.4) is 0 Å². The average molecular weight is 303 g/mol. The largest absolute Gasteiger partial charge is 0.366 e. The van der Waals surface area contributed by atoms with Crippen molar-refractivity contribution in [3.63, 3.8) is 0 Å². The molecular formula is C13H13N5O4. The van der Waals surface area contributed by atoms with Crippen LogP contribution in [0.15, 0.2) is 36.7 Å². The van der Waals surface area contributed by atoms with Gasteiger partial charge in [0.2, 0.25) is 11.8 Å². The third-order valence-electron chi connectivity index (χ3n) is 3.01. The molecule has 9 heteroatoms. The van der Waals surface area contributed by atoms with Gasteiger partial charge in [-0.15, -0.1) is 0 Å². The Labute approximate surface area is 124 Å². The molecule has 2 rings (SSSR count). The lowest BCUT2D eigenvalue weighted by Crippen LogP contribution is -2.24. The topological polar surface area (TPSA) is 133 Å². The molecule has 114 valence electrons. The first-order valence-corrected chi connectivity index (χ1v) is 6.28. The summed E-state index contributed by atoms with van der Waals surface area (Å²) in [6.45, 7) is 1.56. The van der Waals surface area contributed by atoms with E-state index in [1.807, 2.05) is 0 Å². The number of nitro groups is 1. The third-order valence-corrected chi connectivity index (χ3v) is 3.01. The minimum atomic E-state index is -0.732. The number of anilines is 1. The summed E-state index contributed by atoms with van der Waals surface area (Å²) in [5.41, 5.74) is 5.74. The van der Waals surface area contributed by atoms with Crippen molar-refractivity contribution in [1.82, 2.24) is 9.78 Å². The van der Waals surface area contributed by atoms with Crippen LogP contribution in [-0.2, 0) is 4.79 Å². The summed E-state index contributed by atoms with van der Waals surface area (Å²) in [6.07, 6.45) is 2.26. The van der Waals surface area contributed by atoms with E-state index < -0.39 is 22.8 Å². The van der Waals surface area contributed by atoms with Crippen LogP contribution in [0.1, 0.15) is 23.3 Å². The molecule has 2 aromatic rings. The van der Waals surface area contributed by atoms with E-state index in [0.717, 1.165) is 6.20 Å². The summed E-state index contributed by atoms with van der Waals surface area (Å²) in [5, 5.41) is 17.0. The Morgan fingerprint density at radius 1 is 1.36 bits per heavy atom. The molecule has 1 heterocycles. The Kier molecular flexibility index (Phi) is 4.16. The highest BCUT2D eigenvalue weighted by Crippen LogP contribution is 2.15. The molecule has 0 aliphatic rings. The van der Waals surface area contributed by atoms with E-state index in [2.05, 4.69) is 10.4 Å². The second-order valence-electron chi connectivity index (χ2n) is 4.54. The van der Waals surface area contributed by atoms with Crippen molar-refractivity contribution in [2.75, 3.05) is 5.32 Å². The fraction of sp³-hybridized carbons (Fsp3) is 0.154. The molecule has 9 nitrogen and oxygen atoms in total. The van der Waals surface area contributed by atoms with Crippen LogP contribution >= 0.6 is 0 Å². The normalized spacial score (nSPS) is 11.7. The molecule has 0 aliphatic heterocycles. The molecule has 1 aromatic heterocycles. The molecule has 3 N–H and O–H groups in total. The summed E-state index contributed by atoms with van der Waals surface area (Å²) in [4.78, 5) is 33.0. The molecule has 0 aliphatic carbocycles. The highest BCUT2D eigenvalue weighted by atomic mass is 16.6. The van der Waals surface area contributed by atoms with Gasteiger partial charge < -0.3 is 11.1 Å². The summed E-state index contributed by atoms with van der Waals surface area (Å²) >= 11 is 0. The maximum Gasteiger partial charge on any atom is 0.307 e. The van der Waals surface area contributed by atoms with Gasteiger partial charge in [0.1, 0.15) is 18.4 Å². The van der Waals surface area contributed by atoms with Crippen LogP contribution in [-0.4, -0.2) is 26.5 Å². The van der Waals surface area contributed by atoms with Gasteiger partial charge in [-0.3, -0.25) is 24.4 Å².